The molecule has 0 spiro atoms. The Balaban J connectivity index is 2.03. The van der Waals surface area contributed by atoms with Crippen LogP contribution in [0.5, 0.6) is 0 Å². The highest BCUT2D eigenvalue weighted by Gasteiger charge is 2.13. The van der Waals surface area contributed by atoms with Crippen LogP contribution in [0.1, 0.15) is 22.1 Å². The van der Waals surface area contributed by atoms with Gasteiger partial charge in [0.1, 0.15) is 5.82 Å². The monoisotopic (exact) mass is 280 g/mol. The van der Waals surface area contributed by atoms with E-state index in [4.69, 9.17) is 15.4 Å². The van der Waals surface area contributed by atoms with E-state index in [0.29, 0.717) is 30.4 Å². The van der Waals surface area contributed by atoms with E-state index in [1.165, 1.54) is 0 Å². The number of hydrogen-bond acceptors (Lipinski definition) is 6. The number of aryl methyl sites for hydroxylation is 1. The third-order valence-electron chi connectivity index (χ3n) is 2.60. The number of anilines is 2. The number of nitrogens with two attached hydrogens (primary N) is 1. The van der Waals surface area contributed by atoms with Crippen molar-refractivity contribution in [1.82, 2.24) is 10.1 Å². The van der Waals surface area contributed by atoms with Gasteiger partial charge in [0.05, 0.1) is 16.9 Å². The van der Waals surface area contributed by atoms with Crippen LogP contribution in [-0.4, -0.2) is 27.8 Å². The number of benzene rings is 1. The summed E-state index contributed by atoms with van der Waals surface area (Å²) < 4.78 is 18.3. The Morgan fingerprint density at radius 3 is 2.90 bits per heavy atom. The first-order valence-corrected chi connectivity index (χ1v) is 5.82. The fraction of sp³-hybridized carbons (Fsp3) is 0.250. The molecule has 106 valence electrons. The largest absolute Gasteiger partial charge is 0.478 e. The van der Waals surface area contributed by atoms with E-state index in [1.54, 1.807) is 6.92 Å². The van der Waals surface area contributed by atoms with Crippen LogP contribution in [0.4, 0.5) is 15.8 Å². The lowest BCUT2D eigenvalue weighted by Crippen LogP contribution is -2.10. The van der Waals surface area contributed by atoms with Crippen LogP contribution in [0.25, 0.3) is 0 Å². The van der Waals surface area contributed by atoms with Gasteiger partial charge in [0.15, 0.2) is 5.82 Å². The van der Waals surface area contributed by atoms with E-state index in [0.717, 1.165) is 12.1 Å². The molecule has 20 heavy (non-hydrogen) atoms. The molecule has 8 heteroatoms. The summed E-state index contributed by atoms with van der Waals surface area (Å²) in [5.41, 5.74) is 5.70. The number of carboxylic acids is 1. The third-order valence-corrected chi connectivity index (χ3v) is 2.60. The van der Waals surface area contributed by atoms with Crippen LogP contribution >= 0.6 is 0 Å². The first-order chi connectivity index (χ1) is 9.47. The Bertz CT molecular complexity index is 642. The number of halogens is 1. The zero-order valence-corrected chi connectivity index (χ0v) is 10.7. The summed E-state index contributed by atoms with van der Waals surface area (Å²) in [5.74, 6) is -1.21. The van der Waals surface area contributed by atoms with Gasteiger partial charge in [-0.3, -0.25) is 0 Å². The van der Waals surface area contributed by atoms with Crippen LogP contribution in [0, 0.1) is 12.7 Å². The zero-order chi connectivity index (χ0) is 14.7. The number of hydrogen-bond donors (Lipinski definition) is 3. The summed E-state index contributed by atoms with van der Waals surface area (Å²) in [6.07, 6.45) is 0.471. The summed E-state index contributed by atoms with van der Waals surface area (Å²) in [6.45, 7) is 2.09. The van der Waals surface area contributed by atoms with Crippen molar-refractivity contribution in [3.8, 4) is 0 Å². The van der Waals surface area contributed by atoms with Crippen molar-refractivity contribution < 1.29 is 18.8 Å². The smallest absolute Gasteiger partial charge is 0.338 e. The molecular formula is C12H13FN4O3. The molecule has 0 radical (unpaired) electrons. The highest BCUT2D eigenvalue weighted by atomic mass is 19.1. The number of carbonyl (C=O) groups is 1. The van der Waals surface area contributed by atoms with Crippen molar-refractivity contribution in [2.75, 3.05) is 17.6 Å². The molecule has 0 aliphatic carbocycles. The fourth-order valence-corrected chi connectivity index (χ4v) is 1.66. The summed E-state index contributed by atoms with van der Waals surface area (Å²) >= 11 is 0. The predicted octanol–water partition coefficient (Wildman–Crippen LogP) is 1.45. The molecule has 2 aromatic rings. The lowest BCUT2D eigenvalue weighted by atomic mass is 10.1. The molecule has 1 aromatic carbocycles. The molecule has 1 aromatic heterocycles. The quantitative estimate of drug-likeness (QED) is 0.710. The van der Waals surface area contributed by atoms with Gasteiger partial charge >= 0.3 is 5.97 Å². The average Bonchev–Trinajstić information content (AvgIpc) is 2.78. The van der Waals surface area contributed by atoms with Crippen molar-refractivity contribution in [3.05, 3.63) is 35.2 Å². The summed E-state index contributed by atoms with van der Waals surface area (Å²) in [4.78, 5) is 14.8. The van der Waals surface area contributed by atoms with Crippen LogP contribution in [0.2, 0.25) is 0 Å². The summed E-state index contributed by atoms with van der Waals surface area (Å²) in [6, 6.07) is 2.14. The number of rotatable bonds is 5. The van der Waals surface area contributed by atoms with Crippen molar-refractivity contribution >= 4 is 17.3 Å². The minimum absolute atomic E-state index is 0.160. The van der Waals surface area contributed by atoms with Crippen LogP contribution in [-0.2, 0) is 6.42 Å². The van der Waals surface area contributed by atoms with Crippen LogP contribution in [0.3, 0.4) is 0 Å². The second-order valence-corrected chi connectivity index (χ2v) is 4.13. The topological polar surface area (TPSA) is 114 Å². The van der Waals surface area contributed by atoms with Gasteiger partial charge in [0.25, 0.3) is 0 Å². The number of aromatic carboxylic acids is 1. The van der Waals surface area contributed by atoms with Crippen molar-refractivity contribution in [2.24, 2.45) is 0 Å². The Labute approximate surface area is 113 Å². The third kappa shape index (κ3) is 3.02. The summed E-state index contributed by atoms with van der Waals surface area (Å²) in [7, 11) is 0. The van der Waals surface area contributed by atoms with Gasteiger partial charge < -0.3 is 20.7 Å². The molecule has 0 saturated carbocycles. The molecule has 2 rings (SSSR count). The van der Waals surface area contributed by atoms with E-state index < -0.39 is 17.3 Å². The summed E-state index contributed by atoms with van der Waals surface area (Å²) in [5, 5.41) is 15.4. The number of nitrogen functional groups attached to an aromatic ring is 1. The lowest BCUT2D eigenvalue weighted by Gasteiger charge is -2.09. The molecule has 0 aliphatic heterocycles. The van der Waals surface area contributed by atoms with Gasteiger partial charge in [-0.2, -0.15) is 4.98 Å². The van der Waals surface area contributed by atoms with Gasteiger partial charge in [0, 0.05) is 19.9 Å². The molecule has 0 atom stereocenters. The number of carboxylic acid groups (broad SMARTS) is 1. The molecule has 0 amide bonds. The Morgan fingerprint density at radius 2 is 2.30 bits per heavy atom. The second-order valence-electron chi connectivity index (χ2n) is 4.13. The Hall–Kier alpha value is -2.64. The van der Waals surface area contributed by atoms with Crippen LogP contribution < -0.4 is 11.1 Å². The predicted molar refractivity (Wildman–Crippen MR) is 69.0 cm³/mol. The standard InChI is InChI=1S/C12H13FN4O3/c1-6-16-11(17-20-6)2-3-15-10-5-8(13)7(12(18)19)4-9(10)14/h4-5,15H,2-3,14H2,1H3,(H,18,19). The number of nitrogens with one attached hydrogen (secondary N) is 1. The zero-order valence-electron chi connectivity index (χ0n) is 10.7. The van der Waals surface area contributed by atoms with E-state index >= 15 is 0 Å². The number of nitrogens with zero attached hydrogens (tertiary/aromatic N) is 2. The highest BCUT2D eigenvalue weighted by molar-refractivity contribution is 5.90. The lowest BCUT2D eigenvalue weighted by molar-refractivity contribution is 0.0692. The fourth-order valence-electron chi connectivity index (χ4n) is 1.66. The molecule has 0 fully saturated rings. The molecule has 4 N–H and O–H groups in total. The molecular weight excluding hydrogens is 267 g/mol. The minimum Gasteiger partial charge on any atom is -0.478 e. The molecule has 1 heterocycles. The normalized spacial score (nSPS) is 10.5. The van der Waals surface area contributed by atoms with Crippen molar-refractivity contribution in [3.63, 3.8) is 0 Å². The van der Waals surface area contributed by atoms with Gasteiger partial charge in [-0.25, -0.2) is 9.18 Å². The maximum atomic E-state index is 13.5. The molecule has 0 saturated heterocycles. The SMILES string of the molecule is Cc1nc(CCNc2cc(F)c(C(=O)O)cc2N)no1. The van der Waals surface area contributed by atoms with E-state index in [1.807, 2.05) is 0 Å². The van der Waals surface area contributed by atoms with Gasteiger partial charge in [-0.15, -0.1) is 0 Å². The first kappa shape index (κ1) is 13.8. The van der Waals surface area contributed by atoms with E-state index in [2.05, 4.69) is 15.5 Å². The highest BCUT2D eigenvalue weighted by Crippen LogP contribution is 2.23. The number of aromatic nitrogens is 2. The maximum Gasteiger partial charge on any atom is 0.338 e. The Kier molecular flexibility index (Phi) is 3.83. The average molecular weight is 280 g/mol. The van der Waals surface area contributed by atoms with Crippen LogP contribution in [0.15, 0.2) is 16.7 Å². The molecule has 0 aliphatic rings. The van der Waals surface area contributed by atoms with Gasteiger partial charge in [-0.1, -0.05) is 5.16 Å². The van der Waals surface area contributed by atoms with Gasteiger partial charge in [0.2, 0.25) is 5.89 Å². The minimum atomic E-state index is -1.36. The molecule has 0 bridgehead atoms. The second kappa shape index (κ2) is 5.55. The van der Waals surface area contributed by atoms with Crippen molar-refractivity contribution in [1.29, 1.82) is 0 Å². The van der Waals surface area contributed by atoms with E-state index in [-0.39, 0.29) is 5.69 Å². The first-order valence-electron chi connectivity index (χ1n) is 5.82. The van der Waals surface area contributed by atoms with Crippen molar-refractivity contribution in [2.45, 2.75) is 13.3 Å². The maximum absolute atomic E-state index is 13.5. The Morgan fingerprint density at radius 1 is 1.55 bits per heavy atom. The van der Waals surface area contributed by atoms with E-state index in [9.17, 15) is 9.18 Å². The molecule has 0 unspecified atom stereocenters. The van der Waals surface area contributed by atoms with Gasteiger partial charge in [-0.05, 0) is 12.1 Å². The molecule has 7 nitrogen and oxygen atoms in total.